The van der Waals surface area contributed by atoms with Crippen molar-refractivity contribution in [3.8, 4) is 11.5 Å². The first kappa shape index (κ1) is 19.9. The van der Waals surface area contributed by atoms with E-state index in [0.29, 0.717) is 29.4 Å². The van der Waals surface area contributed by atoms with Gasteiger partial charge in [0.25, 0.3) is 0 Å². The average Bonchev–Trinajstić information content (AvgIpc) is 3.20. The van der Waals surface area contributed by atoms with E-state index < -0.39 is 0 Å². The predicted molar refractivity (Wildman–Crippen MR) is 110 cm³/mol. The Balaban J connectivity index is 1.50. The van der Waals surface area contributed by atoms with Crippen LogP contribution in [-0.4, -0.2) is 19.0 Å². The lowest BCUT2D eigenvalue weighted by molar-refractivity contribution is -0.140. The Morgan fingerprint density at radius 2 is 1.69 bits per heavy atom. The van der Waals surface area contributed by atoms with Gasteiger partial charge >= 0.3 is 5.97 Å². The summed E-state index contributed by atoms with van der Waals surface area (Å²) >= 11 is 0. The van der Waals surface area contributed by atoms with Gasteiger partial charge in [0.2, 0.25) is 5.91 Å². The molecule has 0 bridgehead atoms. The number of para-hydroxylation sites is 1. The third-order valence-corrected chi connectivity index (χ3v) is 3.99. The van der Waals surface area contributed by atoms with Gasteiger partial charge in [-0.15, -0.1) is 0 Å². The maximum absolute atomic E-state index is 12.1. The summed E-state index contributed by atoms with van der Waals surface area (Å²) in [5.74, 6) is 2.04. The van der Waals surface area contributed by atoms with Crippen LogP contribution in [-0.2, 0) is 20.7 Å². The molecule has 0 radical (unpaired) electrons. The number of hydrogen-bond acceptors (Lipinski definition) is 5. The second-order valence-corrected chi connectivity index (χ2v) is 6.14. The lowest BCUT2D eigenvalue weighted by Crippen LogP contribution is -2.07. The van der Waals surface area contributed by atoms with E-state index in [1.165, 1.54) is 13.2 Å². The van der Waals surface area contributed by atoms with Crippen LogP contribution in [0.25, 0.3) is 6.08 Å². The second kappa shape index (κ2) is 9.94. The van der Waals surface area contributed by atoms with E-state index >= 15 is 0 Å². The fraction of sp³-hybridized carbons (Fsp3) is 0.130. The number of nitrogens with one attached hydrogen (secondary N) is 1. The van der Waals surface area contributed by atoms with Crippen molar-refractivity contribution in [2.24, 2.45) is 0 Å². The maximum Gasteiger partial charge on any atom is 0.305 e. The number of esters is 1. The molecule has 1 N–H and O–H groups in total. The molecule has 29 heavy (non-hydrogen) atoms. The molecular weight excluding hydrogens is 370 g/mol. The Kier molecular flexibility index (Phi) is 6.84. The molecule has 0 atom stereocenters. The first-order valence-corrected chi connectivity index (χ1v) is 9.10. The van der Waals surface area contributed by atoms with Gasteiger partial charge in [0, 0.05) is 18.2 Å². The fourth-order valence-electron chi connectivity index (χ4n) is 2.52. The summed E-state index contributed by atoms with van der Waals surface area (Å²) in [6, 6.07) is 20.1. The van der Waals surface area contributed by atoms with E-state index in [1.807, 2.05) is 30.3 Å². The van der Waals surface area contributed by atoms with Crippen molar-refractivity contribution in [1.29, 1.82) is 0 Å². The summed E-state index contributed by atoms with van der Waals surface area (Å²) in [5.41, 5.74) is 0.651. The number of rotatable bonds is 8. The SMILES string of the molecule is COC(=O)CCc1ccc(/C=C/C(=O)Nc2ccc(Oc3ccccc3)cc2)o1. The third kappa shape index (κ3) is 6.39. The number of benzene rings is 2. The number of furan rings is 1. The number of ether oxygens (including phenoxy) is 2. The molecule has 1 aromatic heterocycles. The van der Waals surface area contributed by atoms with Crippen molar-refractivity contribution in [2.75, 3.05) is 12.4 Å². The molecule has 0 aliphatic heterocycles. The highest BCUT2D eigenvalue weighted by atomic mass is 16.5. The molecular formula is C23H21NO5. The number of amides is 1. The second-order valence-electron chi connectivity index (χ2n) is 6.14. The molecule has 0 aliphatic rings. The molecule has 0 spiro atoms. The minimum atomic E-state index is -0.293. The van der Waals surface area contributed by atoms with E-state index in [1.54, 1.807) is 42.5 Å². The normalized spacial score (nSPS) is 10.7. The van der Waals surface area contributed by atoms with Crippen LogP contribution in [0.3, 0.4) is 0 Å². The summed E-state index contributed by atoms with van der Waals surface area (Å²) in [4.78, 5) is 23.2. The zero-order valence-corrected chi connectivity index (χ0v) is 16.0. The molecule has 1 amide bonds. The van der Waals surface area contributed by atoms with Crippen LogP contribution in [0.2, 0.25) is 0 Å². The van der Waals surface area contributed by atoms with Crippen LogP contribution in [0.5, 0.6) is 11.5 Å². The standard InChI is InChI=1S/C23H21NO5/c1-27-23(26)16-14-21-12-11-20(29-21)13-15-22(25)24-17-7-9-19(10-8-17)28-18-5-3-2-4-6-18/h2-13,15H,14,16H2,1H3,(H,24,25)/b15-13+. The molecule has 1 heterocycles. The van der Waals surface area contributed by atoms with Crippen molar-refractivity contribution < 1.29 is 23.5 Å². The van der Waals surface area contributed by atoms with Gasteiger partial charge < -0.3 is 19.2 Å². The van der Waals surface area contributed by atoms with E-state index in [9.17, 15) is 9.59 Å². The number of hydrogen-bond donors (Lipinski definition) is 1. The molecule has 0 unspecified atom stereocenters. The molecule has 3 aromatic rings. The smallest absolute Gasteiger partial charge is 0.305 e. The molecule has 0 saturated carbocycles. The Morgan fingerprint density at radius 1 is 0.966 bits per heavy atom. The van der Waals surface area contributed by atoms with Gasteiger partial charge in [-0.1, -0.05) is 18.2 Å². The highest BCUT2D eigenvalue weighted by Crippen LogP contribution is 2.22. The van der Waals surface area contributed by atoms with Crippen molar-refractivity contribution in [1.82, 2.24) is 0 Å². The Bertz CT molecular complexity index is 974. The highest BCUT2D eigenvalue weighted by molar-refractivity contribution is 6.01. The molecule has 3 rings (SSSR count). The van der Waals surface area contributed by atoms with E-state index in [-0.39, 0.29) is 18.3 Å². The summed E-state index contributed by atoms with van der Waals surface area (Å²) in [6.45, 7) is 0. The number of anilines is 1. The van der Waals surface area contributed by atoms with Crippen LogP contribution in [0.15, 0.2) is 77.2 Å². The van der Waals surface area contributed by atoms with Crippen molar-refractivity contribution >= 4 is 23.6 Å². The lowest BCUT2D eigenvalue weighted by Gasteiger charge is -2.07. The first-order chi connectivity index (χ1) is 14.1. The molecule has 0 aliphatic carbocycles. The topological polar surface area (TPSA) is 77.8 Å². The molecule has 148 valence electrons. The van der Waals surface area contributed by atoms with Gasteiger partial charge in [0.05, 0.1) is 13.5 Å². The molecule has 0 saturated heterocycles. The summed E-state index contributed by atoms with van der Waals surface area (Å²) < 4.78 is 15.9. The quantitative estimate of drug-likeness (QED) is 0.440. The minimum absolute atomic E-state index is 0.248. The van der Waals surface area contributed by atoms with Crippen LogP contribution < -0.4 is 10.1 Å². The monoisotopic (exact) mass is 391 g/mol. The van der Waals surface area contributed by atoms with Gasteiger partial charge in [-0.05, 0) is 54.6 Å². The summed E-state index contributed by atoms with van der Waals surface area (Å²) in [5, 5.41) is 2.77. The van der Waals surface area contributed by atoms with Crippen molar-refractivity contribution in [3.05, 3.63) is 84.3 Å². The van der Waals surface area contributed by atoms with Gasteiger partial charge in [-0.2, -0.15) is 0 Å². The maximum atomic E-state index is 12.1. The van der Waals surface area contributed by atoms with E-state index in [2.05, 4.69) is 10.1 Å². The largest absolute Gasteiger partial charge is 0.469 e. The zero-order chi connectivity index (χ0) is 20.5. The highest BCUT2D eigenvalue weighted by Gasteiger charge is 2.05. The molecule has 2 aromatic carbocycles. The Morgan fingerprint density at radius 3 is 2.41 bits per heavy atom. The third-order valence-electron chi connectivity index (χ3n) is 3.99. The number of aryl methyl sites for hydroxylation is 1. The van der Waals surface area contributed by atoms with E-state index in [4.69, 9.17) is 9.15 Å². The van der Waals surface area contributed by atoms with Crippen molar-refractivity contribution in [3.63, 3.8) is 0 Å². The number of carbonyl (C=O) groups is 2. The number of carbonyl (C=O) groups excluding carboxylic acids is 2. The number of methoxy groups -OCH3 is 1. The molecule has 0 fully saturated rings. The Hall–Kier alpha value is -3.80. The first-order valence-electron chi connectivity index (χ1n) is 9.10. The minimum Gasteiger partial charge on any atom is -0.469 e. The van der Waals surface area contributed by atoms with Gasteiger partial charge in [-0.3, -0.25) is 9.59 Å². The molecule has 6 nitrogen and oxygen atoms in total. The summed E-state index contributed by atoms with van der Waals surface area (Å²) in [6.07, 6.45) is 3.66. The van der Waals surface area contributed by atoms with Gasteiger partial charge in [0.15, 0.2) is 0 Å². The van der Waals surface area contributed by atoms with Crippen LogP contribution in [0.4, 0.5) is 5.69 Å². The predicted octanol–water partition coefficient (Wildman–Crippen LogP) is 4.83. The average molecular weight is 391 g/mol. The fourth-order valence-corrected chi connectivity index (χ4v) is 2.52. The van der Waals surface area contributed by atoms with Crippen LogP contribution in [0.1, 0.15) is 17.9 Å². The van der Waals surface area contributed by atoms with Gasteiger partial charge in [-0.25, -0.2) is 0 Å². The zero-order valence-electron chi connectivity index (χ0n) is 16.0. The van der Waals surface area contributed by atoms with Crippen LogP contribution in [0, 0.1) is 0 Å². The van der Waals surface area contributed by atoms with E-state index in [0.717, 1.165) is 5.75 Å². The van der Waals surface area contributed by atoms with Gasteiger partial charge in [0.1, 0.15) is 23.0 Å². The lowest BCUT2D eigenvalue weighted by atomic mass is 10.2. The molecule has 6 heteroatoms. The van der Waals surface area contributed by atoms with Crippen molar-refractivity contribution in [2.45, 2.75) is 12.8 Å². The Labute approximate surface area is 168 Å². The summed E-state index contributed by atoms with van der Waals surface area (Å²) in [7, 11) is 1.35. The van der Waals surface area contributed by atoms with Crippen LogP contribution >= 0.6 is 0 Å².